The molecule has 8 heteroatoms. The smallest absolute Gasteiger partial charge is 0.172 e. The van der Waals surface area contributed by atoms with Crippen molar-refractivity contribution >= 4 is 157 Å². The molecule has 0 aliphatic heterocycles. The lowest BCUT2D eigenvalue weighted by Gasteiger charge is -2.20. The summed E-state index contributed by atoms with van der Waals surface area (Å²) in [6.07, 6.45) is 0. The Balaban J connectivity index is 2.82. The Morgan fingerprint density at radius 2 is 0.917 bits per heavy atom. The Kier molecular flexibility index (Phi) is 6.55. The van der Waals surface area contributed by atoms with Gasteiger partial charge in [0.05, 0.1) is 3.57 Å². The van der Waals surface area contributed by atoms with E-state index in [4.69, 9.17) is 0 Å². The fraction of sp³-hybridized carbons (Fsp3) is 0.125. The molecule has 0 bridgehead atoms. The van der Waals surface area contributed by atoms with Crippen molar-refractivity contribution < 1.29 is 10.2 Å². The molecule has 3 aromatic rings. The van der Waals surface area contributed by atoms with Crippen molar-refractivity contribution in [3.05, 3.63) is 32.5 Å². The molecule has 3 aromatic carbocycles. The zero-order chi connectivity index (χ0) is 18.1. The molecule has 126 valence electrons. The molecule has 0 spiro atoms. The summed E-state index contributed by atoms with van der Waals surface area (Å²) in [6, 6.07) is 0. The Morgan fingerprint density at radius 1 is 0.458 bits per heavy atom. The number of halogens is 6. The van der Waals surface area contributed by atoms with Crippen LogP contribution in [-0.4, -0.2) is 10.2 Å². The third-order valence-electron chi connectivity index (χ3n) is 4.08. The summed E-state index contributed by atoms with van der Waals surface area (Å²) in [5.74, 6) is -0.0519. The summed E-state index contributed by atoms with van der Waals surface area (Å²) in [7, 11) is 0. The van der Waals surface area contributed by atoms with E-state index in [-0.39, 0.29) is 11.5 Å². The van der Waals surface area contributed by atoms with Crippen molar-refractivity contribution in [1.29, 1.82) is 0 Å². The van der Waals surface area contributed by atoms with Gasteiger partial charge in [0.1, 0.15) is 0 Å². The highest BCUT2D eigenvalue weighted by atomic mass is 127. The van der Waals surface area contributed by atoms with Gasteiger partial charge in [0, 0.05) is 39.4 Å². The Bertz CT molecular complexity index is 894. The van der Waals surface area contributed by atoms with Crippen molar-refractivity contribution in [2.45, 2.75) is 13.8 Å². The van der Waals surface area contributed by atoms with Crippen LogP contribution in [0.2, 0.25) is 0 Å². The van der Waals surface area contributed by atoms with Crippen LogP contribution >= 0.6 is 136 Å². The van der Waals surface area contributed by atoms with Gasteiger partial charge in [-0.3, -0.25) is 0 Å². The van der Waals surface area contributed by atoms with Gasteiger partial charge in [-0.25, -0.2) is 0 Å². The highest BCUT2D eigenvalue weighted by molar-refractivity contribution is 14.1. The van der Waals surface area contributed by atoms with Crippen molar-refractivity contribution in [1.82, 2.24) is 0 Å². The van der Waals surface area contributed by atoms with Crippen molar-refractivity contribution in [3.8, 4) is 11.5 Å². The van der Waals surface area contributed by atoms with Gasteiger partial charge in [0.15, 0.2) is 11.5 Å². The molecule has 0 heterocycles. The molecule has 0 saturated carbocycles. The second kappa shape index (κ2) is 7.53. The number of fused-ring (bicyclic) bond motifs is 2. The molecule has 0 unspecified atom stereocenters. The van der Waals surface area contributed by atoms with E-state index >= 15 is 0 Å². The number of phenols is 2. The Morgan fingerprint density at radius 3 is 1.50 bits per heavy atom. The molecular formula is C16H8I6O2. The van der Waals surface area contributed by atoms with Crippen LogP contribution in [0.3, 0.4) is 0 Å². The fourth-order valence-corrected chi connectivity index (χ4v) is 8.21. The fourth-order valence-electron chi connectivity index (χ4n) is 2.88. The van der Waals surface area contributed by atoms with Crippen molar-refractivity contribution in [2.24, 2.45) is 0 Å². The minimum Gasteiger partial charge on any atom is -0.504 e. The van der Waals surface area contributed by atoms with Crippen molar-refractivity contribution in [2.75, 3.05) is 0 Å². The maximum absolute atomic E-state index is 10.6. The first-order valence-corrected chi connectivity index (χ1v) is 13.1. The highest BCUT2D eigenvalue weighted by Gasteiger charge is 2.25. The zero-order valence-corrected chi connectivity index (χ0v) is 25.1. The molecule has 2 nitrogen and oxygen atoms in total. The summed E-state index contributed by atoms with van der Waals surface area (Å²) >= 11 is 13.9. The standard InChI is InChI=1S/C16H8I6O2/c1-3-5-7(4(2)9(17)13(21)11(5)19)10(18)8-6(3)12(20)14(22)16(24)15(8)23/h23-24H,1-2H3. The summed E-state index contributed by atoms with van der Waals surface area (Å²) < 4.78 is 6.43. The SMILES string of the molecule is Cc1c(I)c(I)c(I)c2c(C)c3c(I)c(I)c(O)c(O)c3c(I)c12. The number of hydrogen-bond acceptors (Lipinski definition) is 2. The van der Waals surface area contributed by atoms with Crippen molar-refractivity contribution in [3.63, 3.8) is 0 Å². The van der Waals surface area contributed by atoms with Crippen LogP contribution in [0, 0.1) is 35.3 Å². The van der Waals surface area contributed by atoms with Crippen LogP contribution in [-0.2, 0) is 0 Å². The van der Waals surface area contributed by atoms with Crippen LogP contribution in [0.25, 0.3) is 21.5 Å². The van der Waals surface area contributed by atoms with Gasteiger partial charge in [0.25, 0.3) is 0 Å². The van der Waals surface area contributed by atoms with E-state index in [1.807, 2.05) is 0 Å². The second-order valence-electron chi connectivity index (χ2n) is 5.33. The molecule has 0 aliphatic rings. The van der Waals surface area contributed by atoms with E-state index in [1.165, 1.54) is 27.0 Å². The lowest BCUT2D eigenvalue weighted by molar-refractivity contribution is 0.405. The van der Waals surface area contributed by atoms with Crippen LogP contribution in [0.1, 0.15) is 11.1 Å². The van der Waals surface area contributed by atoms with Crippen LogP contribution < -0.4 is 0 Å². The molecule has 0 atom stereocenters. The maximum Gasteiger partial charge on any atom is 0.172 e. The number of aryl methyl sites for hydroxylation is 2. The molecule has 0 radical (unpaired) electrons. The maximum atomic E-state index is 10.6. The van der Waals surface area contributed by atoms with Gasteiger partial charge >= 0.3 is 0 Å². The van der Waals surface area contributed by atoms with E-state index in [2.05, 4.69) is 149 Å². The average Bonchev–Trinajstić information content (AvgIpc) is 2.55. The number of benzene rings is 3. The molecule has 0 aromatic heterocycles. The largest absolute Gasteiger partial charge is 0.504 e. The second-order valence-corrected chi connectivity index (χ2v) is 11.8. The van der Waals surface area contributed by atoms with E-state index in [0.717, 1.165) is 23.5 Å². The number of aromatic hydroxyl groups is 2. The van der Waals surface area contributed by atoms with E-state index < -0.39 is 0 Å². The quantitative estimate of drug-likeness (QED) is 0.105. The molecule has 0 amide bonds. The predicted octanol–water partition coefficient (Wildman–Crippen LogP) is 7.65. The third kappa shape index (κ3) is 2.96. The normalized spacial score (nSPS) is 11.7. The first-order valence-electron chi connectivity index (χ1n) is 6.58. The first-order chi connectivity index (χ1) is 11.1. The number of rotatable bonds is 0. The van der Waals surface area contributed by atoms with E-state index in [0.29, 0.717) is 3.57 Å². The van der Waals surface area contributed by atoms with Gasteiger partial charge in [0.2, 0.25) is 0 Å². The molecule has 2 N–H and O–H groups in total. The number of hydrogen-bond donors (Lipinski definition) is 2. The molecule has 3 rings (SSSR count). The molecular weight excluding hydrogens is 986 g/mol. The predicted molar refractivity (Wildman–Crippen MR) is 151 cm³/mol. The Hall–Kier alpha value is 2.16. The molecule has 0 aliphatic carbocycles. The number of phenolic OH excluding ortho intramolecular Hbond substituents is 2. The van der Waals surface area contributed by atoms with Gasteiger partial charge in [-0.2, -0.15) is 0 Å². The average molecular weight is 994 g/mol. The summed E-state index contributed by atoms with van der Waals surface area (Å²) in [5, 5.41) is 25.2. The monoisotopic (exact) mass is 993 g/mol. The van der Waals surface area contributed by atoms with Gasteiger partial charge in [-0.15, -0.1) is 0 Å². The lowest BCUT2D eigenvalue weighted by atomic mass is 9.94. The summed E-state index contributed by atoms with van der Waals surface area (Å²) in [4.78, 5) is 0. The topological polar surface area (TPSA) is 40.5 Å². The molecule has 24 heavy (non-hydrogen) atoms. The third-order valence-corrected chi connectivity index (χ3v) is 13.9. The van der Waals surface area contributed by atoms with Crippen LogP contribution in [0.5, 0.6) is 11.5 Å². The van der Waals surface area contributed by atoms with Crippen LogP contribution in [0.15, 0.2) is 0 Å². The minimum atomic E-state index is -0.0308. The summed E-state index contributed by atoms with van der Waals surface area (Å²) in [5.41, 5.74) is 2.37. The summed E-state index contributed by atoms with van der Waals surface area (Å²) in [6.45, 7) is 4.24. The zero-order valence-electron chi connectivity index (χ0n) is 12.2. The Labute approximate surface area is 221 Å². The van der Waals surface area contributed by atoms with Crippen LogP contribution in [0.4, 0.5) is 0 Å². The van der Waals surface area contributed by atoms with E-state index in [9.17, 15) is 10.2 Å². The molecule has 0 fully saturated rings. The minimum absolute atomic E-state index is 0.0211. The molecule has 0 saturated heterocycles. The van der Waals surface area contributed by atoms with Gasteiger partial charge in [-0.05, 0) is 161 Å². The lowest BCUT2D eigenvalue weighted by Crippen LogP contribution is -2.01. The highest BCUT2D eigenvalue weighted by Crippen LogP contribution is 2.49. The van der Waals surface area contributed by atoms with Gasteiger partial charge in [-0.1, -0.05) is 0 Å². The van der Waals surface area contributed by atoms with E-state index in [1.54, 1.807) is 0 Å². The van der Waals surface area contributed by atoms with Gasteiger partial charge < -0.3 is 10.2 Å². The first kappa shape index (κ1) is 20.9.